The van der Waals surface area contributed by atoms with Crippen LogP contribution in [0.15, 0.2) is 61.1 Å². The minimum Gasteiger partial charge on any atom is -0.371 e. The molecule has 2 aliphatic heterocycles. The van der Waals surface area contributed by atoms with Crippen LogP contribution in [-0.4, -0.2) is 32.4 Å². The monoisotopic (exact) mass is 420 g/mol. The van der Waals surface area contributed by atoms with Gasteiger partial charge < -0.3 is 9.47 Å². The van der Waals surface area contributed by atoms with Crippen molar-refractivity contribution in [1.82, 2.24) is 19.3 Å². The average Bonchev–Trinajstić information content (AvgIpc) is 3.44. The molecule has 6 heteroatoms. The van der Waals surface area contributed by atoms with Crippen molar-refractivity contribution in [2.45, 2.75) is 26.3 Å². The first-order valence-corrected chi connectivity index (χ1v) is 11.2. The largest absolute Gasteiger partial charge is 0.371 e. The minimum atomic E-state index is 0.669. The number of hydrogen-bond acceptors (Lipinski definition) is 4. The summed E-state index contributed by atoms with van der Waals surface area (Å²) in [5, 5.41) is 17.8. The van der Waals surface area contributed by atoms with Gasteiger partial charge in [0, 0.05) is 37.1 Å². The van der Waals surface area contributed by atoms with E-state index in [2.05, 4.69) is 67.7 Å². The van der Waals surface area contributed by atoms with Gasteiger partial charge in [0.2, 0.25) is 0 Å². The molecule has 4 aromatic rings. The Labute approximate surface area is 187 Å². The number of benzene rings is 2. The summed E-state index contributed by atoms with van der Waals surface area (Å²) in [6.45, 7) is 5.37. The van der Waals surface area contributed by atoms with Gasteiger partial charge in [-0.3, -0.25) is 4.57 Å². The number of aromatic nitrogens is 4. The molecular formula is C26H24N6. The lowest BCUT2D eigenvalue weighted by Crippen LogP contribution is -2.34. The van der Waals surface area contributed by atoms with Gasteiger partial charge in [0.1, 0.15) is 6.33 Å². The predicted molar refractivity (Wildman–Crippen MR) is 125 cm³/mol. The Morgan fingerprint density at radius 3 is 2.75 bits per heavy atom. The van der Waals surface area contributed by atoms with Gasteiger partial charge in [-0.25, -0.2) is 0 Å². The number of nitrogens with zero attached hydrogens (tertiary/aromatic N) is 6. The molecule has 0 spiro atoms. The molecule has 158 valence electrons. The molecule has 0 bridgehead atoms. The highest BCUT2D eigenvalue weighted by atomic mass is 15.3. The molecule has 0 aliphatic carbocycles. The summed E-state index contributed by atoms with van der Waals surface area (Å²) >= 11 is 0. The van der Waals surface area contributed by atoms with Crippen molar-refractivity contribution in [2.24, 2.45) is 5.92 Å². The molecule has 4 heterocycles. The highest BCUT2D eigenvalue weighted by Gasteiger charge is 2.24. The van der Waals surface area contributed by atoms with Crippen molar-refractivity contribution >= 4 is 5.69 Å². The van der Waals surface area contributed by atoms with Gasteiger partial charge in [0.25, 0.3) is 0 Å². The topological polar surface area (TPSA) is 62.7 Å². The highest BCUT2D eigenvalue weighted by molar-refractivity contribution is 5.72. The van der Waals surface area contributed by atoms with E-state index in [9.17, 15) is 0 Å². The number of rotatable bonds is 2. The molecule has 0 unspecified atom stereocenters. The minimum absolute atomic E-state index is 0.669. The third kappa shape index (κ3) is 3.09. The zero-order valence-corrected chi connectivity index (χ0v) is 18.1. The van der Waals surface area contributed by atoms with E-state index in [1.807, 2.05) is 24.3 Å². The van der Waals surface area contributed by atoms with Crippen LogP contribution in [0.1, 0.15) is 30.9 Å². The van der Waals surface area contributed by atoms with E-state index in [0.29, 0.717) is 5.56 Å². The van der Waals surface area contributed by atoms with Gasteiger partial charge in [0.05, 0.1) is 23.0 Å². The zero-order chi connectivity index (χ0) is 21.7. The molecule has 2 aliphatic rings. The van der Waals surface area contributed by atoms with E-state index < -0.39 is 0 Å². The molecule has 32 heavy (non-hydrogen) atoms. The maximum Gasteiger partial charge on any atom is 0.185 e. The SMILES string of the molecule is C[C@H]1CCCN(c2ccc3c(c2)Cn2cc(-c4ccc(C#N)cc4)cc2-c2nncn2-3)C1. The van der Waals surface area contributed by atoms with Crippen LogP contribution in [0.5, 0.6) is 0 Å². The van der Waals surface area contributed by atoms with Gasteiger partial charge in [0.15, 0.2) is 5.82 Å². The lowest BCUT2D eigenvalue weighted by molar-refractivity contribution is 0.447. The van der Waals surface area contributed by atoms with E-state index in [4.69, 9.17) is 5.26 Å². The summed E-state index contributed by atoms with van der Waals surface area (Å²) < 4.78 is 4.36. The van der Waals surface area contributed by atoms with Gasteiger partial charge in [-0.05, 0) is 66.3 Å². The van der Waals surface area contributed by atoms with Crippen LogP contribution in [-0.2, 0) is 6.54 Å². The second-order valence-electron chi connectivity index (χ2n) is 8.96. The molecule has 0 N–H and O–H groups in total. The fourth-order valence-electron chi connectivity index (χ4n) is 5.05. The first kappa shape index (κ1) is 18.9. The molecule has 2 aromatic heterocycles. The van der Waals surface area contributed by atoms with E-state index in [0.717, 1.165) is 53.9 Å². The Kier molecular flexibility index (Phi) is 4.36. The molecule has 0 radical (unpaired) electrons. The van der Waals surface area contributed by atoms with Crippen molar-refractivity contribution < 1.29 is 0 Å². The number of nitriles is 1. The van der Waals surface area contributed by atoms with E-state index in [-0.39, 0.29) is 0 Å². The van der Waals surface area contributed by atoms with Gasteiger partial charge >= 0.3 is 0 Å². The zero-order valence-electron chi connectivity index (χ0n) is 18.1. The molecule has 6 nitrogen and oxygen atoms in total. The summed E-state index contributed by atoms with van der Waals surface area (Å²) in [5.74, 6) is 1.58. The second-order valence-corrected chi connectivity index (χ2v) is 8.96. The standard InChI is InChI=1S/C26H24N6/c1-18-3-2-10-30(14-18)23-8-9-24-22(11-23)16-31-15-21(20-6-4-19(13-27)5-7-20)12-25(31)26-29-28-17-32(24)26/h4-9,11-12,15,17-18H,2-3,10,14,16H2,1H3/t18-/m0/s1. The van der Waals surface area contributed by atoms with Crippen LogP contribution in [0.2, 0.25) is 0 Å². The molecular weight excluding hydrogens is 396 g/mol. The highest BCUT2D eigenvalue weighted by Crippen LogP contribution is 2.35. The quantitative estimate of drug-likeness (QED) is 0.409. The van der Waals surface area contributed by atoms with E-state index >= 15 is 0 Å². The van der Waals surface area contributed by atoms with Crippen LogP contribution in [0.25, 0.3) is 28.3 Å². The maximum atomic E-state index is 9.10. The molecule has 1 saturated heterocycles. The molecule has 0 amide bonds. The Morgan fingerprint density at radius 1 is 1.06 bits per heavy atom. The van der Waals surface area contributed by atoms with Crippen molar-refractivity contribution in [1.29, 1.82) is 5.26 Å². The summed E-state index contributed by atoms with van der Waals surface area (Å²) in [7, 11) is 0. The molecule has 1 fully saturated rings. The van der Waals surface area contributed by atoms with Crippen LogP contribution in [0.3, 0.4) is 0 Å². The van der Waals surface area contributed by atoms with Gasteiger partial charge in [-0.1, -0.05) is 19.1 Å². The number of hydrogen-bond donors (Lipinski definition) is 0. The fraction of sp³-hybridized carbons (Fsp3) is 0.269. The smallest absolute Gasteiger partial charge is 0.185 e. The molecule has 6 rings (SSSR count). The second kappa shape index (κ2) is 7.38. The first-order valence-electron chi connectivity index (χ1n) is 11.2. The molecule has 1 atom stereocenters. The predicted octanol–water partition coefficient (Wildman–Crippen LogP) is 4.87. The van der Waals surface area contributed by atoms with E-state index in [1.54, 1.807) is 6.33 Å². The van der Waals surface area contributed by atoms with Gasteiger partial charge in [-0.15, -0.1) is 10.2 Å². The third-order valence-corrected chi connectivity index (χ3v) is 6.71. The van der Waals surface area contributed by atoms with Crippen molar-refractivity contribution in [3.63, 3.8) is 0 Å². The Morgan fingerprint density at radius 2 is 1.94 bits per heavy atom. The Bertz CT molecular complexity index is 1340. The number of piperidine rings is 1. The van der Waals surface area contributed by atoms with E-state index in [1.165, 1.54) is 24.1 Å². The lowest BCUT2D eigenvalue weighted by Gasteiger charge is -2.33. The van der Waals surface area contributed by atoms with Crippen molar-refractivity contribution in [3.05, 3.63) is 72.2 Å². The molecule has 0 saturated carbocycles. The first-order chi connectivity index (χ1) is 15.7. The Balaban J connectivity index is 1.43. The third-order valence-electron chi connectivity index (χ3n) is 6.71. The van der Waals surface area contributed by atoms with Gasteiger partial charge in [-0.2, -0.15) is 5.26 Å². The summed E-state index contributed by atoms with van der Waals surface area (Å²) in [5.41, 5.74) is 7.63. The van der Waals surface area contributed by atoms with Crippen molar-refractivity contribution in [3.8, 4) is 34.4 Å². The van der Waals surface area contributed by atoms with Crippen molar-refractivity contribution in [2.75, 3.05) is 18.0 Å². The summed E-state index contributed by atoms with van der Waals surface area (Å²) in [4.78, 5) is 2.52. The molecule has 2 aromatic carbocycles. The van der Waals surface area contributed by atoms with Crippen LogP contribution in [0, 0.1) is 17.2 Å². The average molecular weight is 421 g/mol. The maximum absolute atomic E-state index is 9.10. The van der Waals surface area contributed by atoms with Crippen LogP contribution >= 0.6 is 0 Å². The normalized spacial score (nSPS) is 17.1. The summed E-state index contributed by atoms with van der Waals surface area (Å²) in [6, 6.07) is 18.9. The van der Waals surface area contributed by atoms with Crippen LogP contribution < -0.4 is 4.90 Å². The van der Waals surface area contributed by atoms with Crippen LogP contribution in [0.4, 0.5) is 5.69 Å². The number of fused-ring (bicyclic) bond motifs is 5. The Hall–Kier alpha value is -3.85. The number of anilines is 1. The fourth-order valence-corrected chi connectivity index (χ4v) is 5.05. The lowest BCUT2D eigenvalue weighted by atomic mass is 9.99. The summed E-state index contributed by atoms with van der Waals surface area (Å²) in [6.07, 6.45) is 6.56.